The summed E-state index contributed by atoms with van der Waals surface area (Å²) < 4.78 is 27.2. The summed E-state index contributed by atoms with van der Waals surface area (Å²) in [4.78, 5) is 0.393. The lowest BCUT2D eigenvalue weighted by atomic mass is 9.88. The molecule has 22 heavy (non-hydrogen) atoms. The number of sulfonamides is 1. The van der Waals surface area contributed by atoms with Crippen molar-refractivity contribution in [2.75, 3.05) is 19.6 Å². The quantitative estimate of drug-likeness (QED) is 0.906. The van der Waals surface area contributed by atoms with Gasteiger partial charge >= 0.3 is 0 Å². The standard InChI is InChI=1S/C17H28N2O2S/c1-4-13(2)15-5-7-17(8-6-15)22(20,21)19-10-9-14(3)16(11-18)12-19/h5-8,13-14,16H,4,9-12,18H2,1-3H3. The van der Waals surface area contributed by atoms with Crippen LogP contribution in [0.1, 0.15) is 45.1 Å². The zero-order valence-electron chi connectivity index (χ0n) is 13.8. The smallest absolute Gasteiger partial charge is 0.243 e. The number of piperidine rings is 1. The lowest BCUT2D eigenvalue weighted by Crippen LogP contribution is -2.45. The van der Waals surface area contributed by atoms with Crippen molar-refractivity contribution in [2.24, 2.45) is 17.6 Å². The third-order valence-corrected chi connectivity index (χ3v) is 6.96. The fraction of sp³-hybridized carbons (Fsp3) is 0.647. The van der Waals surface area contributed by atoms with Crippen LogP contribution in [-0.2, 0) is 10.0 Å². The van der Waals surface area contributed by atoms with Crippen LogP contribution in [0.5, 0.6) is 0 Å². The largest absolute Gasteiger partial charge is 0.330 e. The maximum atomic E-state index is 12.8. The Labute approximate surface area is 134 Å². The van der Waals surface area contributed by atoms with Crippen molar-refractivity contribution < 1.29 is 8.42 Å². The molecule has 1 fully saturated rings. The second kappa shape index (κ2) is 7.11. The molecule has 1 heterocycles. The summed E-state index contributed by atoms with van der Waals surface area (Å²) in [5.41, 5.74) is 6.97. The lowest BCUT2D eigenvalue weighted by molar-refractivity contribution is 0.203. The second-order valence-corrected chi connectivity index (χ2v) is 8.44. The van der Waals surface area contributed by atoms with Gasteiger partial charge in [0.1, 0.15) is 0 Å². The van der Waals surface area contributed by atoms with Crippen LogP contribution >= 0.6 is 0 Å². The Kier molecular flexibility index (Phi) is 5.64. The second-order valence-electron chi connectivity index (χ2n) is 6.50. The van der Waals surface area contributed by atoms with Crippen LogP contribution in [0, 0.1) is 11.8 Å². The van der Waals surface area contributed by atoms with Crippen molar-refractivity contribution in [2.45, 2.75) is 44.4 Å². The van der Waals surface area contributed by atoms with Gasteiger partial charge < -0.3 is 5.73 Å². The van der Waals surface area contributed by atoms with E-state index in [2.05, 4.69) is 20.8 Å². The molecule has 0 aromatic heterocycles. The Morgan fingerprint density at radius 3 is 2.50 bits per heavy atom. The third-order valence-electron chi connectivity index (χ3n) is 5.08. The highest BCUT2D eigenvalue weighted by Crippen LogP contribution is 2.28. The molecule has 4 nitrogen and oxygen atoms in total. The Hall–Kier alpha value is -0.910. The van der Waals surface area contributed by atoms with Crippen LogP contribution in [0.2, 0.25) is 0 Å². The first-order valence-corrected chi connectivity index (χ1v) is 9.64. The van der Waals surface area contributed by atoms with Gasteiger partial charge in [0.15, 0.2) is 0 Å². The molecular formula is C17H28N2O2S. The van der Waals surface area contributed by atoms with Gasteiger partial charge in [-0.3, -0.25) is 0 Å². The molecule has 1 aromatic carbocycles. The summed E-state index contributed by atoms with van der Waals surface area (Å²) in [5.74, 6) is 1.20. The molecule has 0 spiro atoms. The van der Waals surface area contributed by atoms with Crippen molar-refractivity contribution in [3.63, 3.8) is 0 Å². The Balaban J connectivity index is 2.19. The maximum Gasteiger partial charge on any atom is 0.243 e. The van der Waals surface area contributed by atoms with Gasteiger partial charge in [-0.15, -0.1) is 0 Å². The summed E-state index contributed by atoms with van der Waals surface area (Å²) in [6, 6.07) is 7.36. The van der Waals surface area contributed by atoms with Gasteiger partial charge in [-0.1, -0.05) is 32.9 Å². The zero-order chi connectivity index (χ0) is 16.3. The molecule has 0 saturated carbocycles. The van der Waals surface area contributed by atoms with Crippen LogP contribution in [0.4, 0.5) is 0 Å². The molecule has 124 valence electrons. The normalized spacial score (nSPS) is 25.1. The molecule has 0 bridgehead atoms. The predicted molar refractivity (Wildman–Crippen MR) is 90.2 cm³/mol. The minimum absolute atomic E-state index is 0.253. The number of nitrogens with two attached hydrogens (primary N) is 1. The molecule has 2 N–H and O–H groups in total. The monoisotopic (exact) mass is 324 g/mol. The van der Waals surface area contributed by atoms with Crippen molar-refractivity contribution in [3.05, 3.63) is 29.8 Å². The highest BCUT2D eigenvalue weighted by Gasteiger charge is 2.33. The van der Waals surface area contributed by atoms with Crippen LogP contribution in [0.3, 0.4) is 0 Å². The third kappa shape index (κ3) is 3.53. The van der Waals surface area contributed by atoms with Crippen LogP contribution < -0.4 is 5.73 Å². The van der Waals surface area contributed by atoms with E-state index in [1.54, 1.807) is 16.4 Å². The Morgan fingerprint density at radius 2 is 1.95 bits per heavy atom. The van der Waals surface area contributed by atoms with Gasteiger partial charge in [-0.2, -0.15) is 4.31 Å². The van der Waals surface area contributed by atoms with E-state index >= 15 is 0 Å². The van der Waals surface area contributed by atoms with E-state index in [4.69, 9.17) is 5.73 Å². The highest BCUT2D eigenvalue weighted by atomic mass is 32.2. The van der Waals surface area contributed by atoms with Crippen molar-refractivity contribution in [1.82, 2.24) is 4.31 Å². The molecule has 3 atom stereocenters. The number of rotatable bonds is 5. The first kappa shape index (κ1) is 17.4. The van der Waals surface area contributed by atoms with Gasteiger partial charge in [0.2, 0.25) is 10.0 Å². The molecule has 5 heteroatoms. The van der Waals surface area contributed by atoms with E-state index in [1.165, 1.54) is 5.56 Å². The van der Waals surface area contributed by atoms with Gasteiger partial charge in [-0.25, -0.2) is 8.42 Å². The number of benzene rings is 1. The van der Waals surface area contributed by atoms with E-state index in [0.29, 0.717) is 36.4 Å². The summed E-state index contributed by atoms with van der Waals surface area (Å²) in [5, 5.41) is 0. The topological polar surface area (TPSA) is 63.4 Å². The van der Waals surface area contributed by atoms with Gasteiger partial charge in [-0.05, 0) is 54.8 Å². The first-order valence-electron chi connectivity index (χ1n) is 8.20. The molecule has 1 aliphatic rings. The Morgan fingerprint density at radius 1 is 1.32 bits per heavy atom. The fourth-order valence-electron chi connectivity index (χ4n) is 2.99. The summed E-state index contributed by atoms with van der Waals surface area (Å²) in [6.45, 7) is 8.11. The molecule has 1 aromatic rings. The molecule has 0 aliphatic carbocycles. The fourth-order valence-corrected chi connectivity index (χ4v) is 4.51. The minimum Gasteiger partial charge on any atom is -0.330 e. The summed E-state index contributed by atoms with van der Waals surface area (Å²) in [6.07, 6.45) is 1.93. The van der Waals surface area contributed by atoms with E-state index in [1.807, 2.05) is 12.1 Å². The van der Waals surface area contributed by atoms with E-state index in [-0.39, 0.29) is 5.92 Å². The van der Waals surface area contributed by atoms with Crippen LogP contribution in [-0.4, -0.2) is 32.4 Å². The first-order chi connectivity index (χ1) is 10.4. The van der Waals surface area contributed by atoms with E-state index < -0.39 is 10.0 Å². The minimum atomic E-state index is -3.40. The van der Waals surface area contributed by atoms with Crippen molar-refractivity contribution >= 4 is 10.0 Å². The van der Waals surface area contributed by atoms with Gasteiger partial charge in [0.25, 0.3) is 0 Å². The Bertz CT molecular complexity index is 583. The number of nitrogens with zero attached hydrogens (tertiary/aromatic N) is 1. The van der Waals surface area contributed by atoms with Crippen molar-refractivity contribution in [1.29, 1.82) is 0 Å². The lowest BCUT2D eigenvalue weighted by Gasteiger charge is -2.35. The van der Waals surface area contributed by atoms with E-state index in [0.717, 1.165) is 12.8 Å². The predicted octanol–water partition coefficient (Wildman–Crippen LogP) is 2.81. The van der Waals surface area contributed by atoms with Gasteiger partial charge in [0.05, 0.1) is 4.90 Å². The van der Waals surface area contributed by atoms with Crippen LogP contribution in [0.15, 0.2) is 29.2 Å². The average molecular weight is 324 g/mol. The van der Waals surface area contributed by atoms with Crippen LogP contribution in [0.25, 0.3) is 0 Å². The molecule has 1 saturated heterocycles. The molecule has 1 aliphatic heterocycles. The maximum absolute atomic E-state index is 12.8. The van der Waals surface area contributed by atoms with Crippen molar-refractivity contribution in [3.8, 4) is 0 Å². The van der Waals surface area contributed by atoms with E-state index in [9.17, 15) is 8.42 Å². The number of hydrogen-bond acceptors (Lipinski definition) is 3. The number of hydrogen-bond donors (Lipinski definition) is 1. The zero-order valence-corrected chi connectivity index (χ0v) is 14.6. The molecular weight excluding hydrogens is 296 g/mol. The highest BCUT2D eigenvalue weighted by molar-refractivity contribution is 7.89. The average Bonchev–Trinajstić information content (AvgIpc) is 2.54. The summed E-state index contributed by atoms with van der Waals surface area (Å²) >= 11 is 0. The molecule has 2 rings (SSSR count). The molecule has 0 radical (unpaired) electrons. The summed E-state index contributed by atoms with van der Waals surface area (Å²) in [7, 11) is -3.40. The molecule has 3 unspecified atom stereocenters. The molecule has 0 amide bonds. The SMILES string of the molecule is CCC(C)c1ccc(S(=O)(=O)N2CCC(C)C(CN)C2)cc1. The van der Waals surface area contributed by atoms with Gasteiger partial charge in [0, 0.05) is 13.1 Å².